The van der Waals surface area contributed by atoms with Gasteiger partial charge < -0.3 is 10.2 Å². The van der Waals surface area contributed by atoms with E-state index in [2.05, 4.69) is 4.99 Å². The van der Waals surface area contributed by atoms with Crippen molar-refractivity contribution in [3.8, 4) is 0 Å². The van der Waals surface area contributed by atoms with Crippen LogP contribution in [0, 0.1) is 5.92 Å². The van der Waals surface area contributed by atoms with Gasteiger partial charge in [0.25, 0.3) is 0 Å². The molecule has 18 heavy (non-hydrogen) atoms. The Morgan fingerprint density at radius 2 is 1.72 bits per heavy atom. The van der Waals surface area contributed by atoms with Gasteiger partial charge in [-0.1, -0.05) is 19.3 Å². The predicted molar refractivity (Wildman–Crippen MR) is 65.8 cm³/mol. The standard InChI is InChI=1S/C13H17NO4/c15-12(16)10-7-14-11(13(17)18)6-9(10)8-4-2-1-3-5-8/h8H,1-7H2,(H,15,16)(H,17,18). The molecular formula is C13H17NO4. The van der Waals surface area contributed by atoms with E-state index in [0.29, 0.717) is 5.57 Å². The third-order valence-corrected chi connectivity index (χ3v) is 3.78. The fraction of sp³-hybridized carbons (Fsp3) is 0.615. The van der Waals surface area contributed by atoms with Gasteiger partial charge in [-0.3, -0.25) is 4.99 Å². The molecule has 1 heterocycles. The van der Waals surface area contributed by atoms with Crippen LogP contribution < -0.4 is 0 Å². The Labute approximate surface area is 105 Å². The van der Waals surface area contributed by atoms with E-state index in [4.69, 9.17) is 5.11 Å². The normalized spacial score (nSPS) is 21.7. The number of carboxylic acid groups (broad SMARTS) is 2. The van der Waals surface area contributed by atoms with Crippen molar-refractivity contribution in [2.75, 3.05) is 6.54 Å². The van der Waals surface area contributed by atoms with Gasteiger partial charge >= 0.3 is 11.9 Å². The lowest BCUT2D eigenvalue weighted by atomic mass is 9.79. The molecule has 0 aromatic heterocycles. The van der Waals surface area contributed by atoms with Crippen molar-refractivity contribution in [1.29, 1.82) is 0 Å². The van der Waals surface area contributed by atoms with Crippen LogP contribution in [-0.4, -0.2) is 34.4 Å². The van der Waals surface area contributed by atoms with Crippen molar-refractivity contribution in [3.05, 3.63) is 11.1 Å². The molecule has 5 nitrogen and oxygen atoms in total. The van der Waals surface area contributed by atoms with E-state index in [1.807, 2.05) is 0 Å². The average molecular weight is 251 g/mol. The minimum Gasteiger partial charge on any atom is -0.478 e. The molecule has 1 aliphatic heterocycles. The highest BCUT2D eigenvalue weighted by Crippen LogP contribution is 2.35. The van der Waals surface area contributed by atoms with Crippen LogP contribution in [-0.2, 0) is 9.59 Å². The average Bonchev–Trinajstić information content (AvgIpc) is 2.39. The first kappa shape index (κ1) is 12.8. The molecule has 0 aromatic rings. The molecule has 2 rings (SSSR count). The van der Waals surface area contributed by atoms with Gasteiger partial charge in [0.15, 0.2) is 0 Å². The summed E-state index contributed by atoms with van der Waals surface area (Å²) in [5, 5.41) is 18.2. The van der Waals surface area contributed by atoms with Gasteiger partial charge in [0.05, 0.1) is 12.1 Å². The van der Waals surface area contributed by atoms with Crippen molar-refractivity contribution in [2.45, 2.75) is 38.5 Å². The fourth-order valence-electron chi connectivity index (χ4n) is 2.81. The summed E-state index contributed by atoms with van der Waals surface area (Å²) in [5.74, 6) is -1.76. The summed E-state index contributed by atoms with van der Waals surface area (Å²) in [4.78, 5) is 26.0. The summed E-state index contributed by atoms with van der Waals surface area (Å²) in [6.07, 6.45) is 5.52. The van der Waals surface area contributed by atoms with Gasteiger partial charge in [0.2, 0.25) is 0 Å². The number of aliphatic imine (C=N–C) groups is 1. The molecule has 98 valence electrons. The van der Waals surface area contributed by atoms with Crippen molar-refractivity contribution < 1.29 is 19.8 Å². The third kappa shape index (κ3) is 2.60. The maximum atomic E-state index is 11.2. The van der Waals surface area contributed by atoms with E-state index in [1.165, 1.54) is 6.42 Å². The molecule has 1 aliphatic carbocycles. The van der Waals surface area contributed by atoms with Crippen molar-refractivity contribution >= 4 is 17.7 Å². The van der Waals surface area contributed by atoms with E-state index >= 15 is 0 Å². The summed E-state index contributed by atoms with van der Waals surface area (Å²) >= 11 is 0. The van der Waals surface area contributed by atoms with Crippen LogP contribution in [0.15, 0.2) is 16.1 Å². The minimum absolute atomic E-state index is 0.00278. The van der Waals surface area contributed by atoms with Crippen LogP contribution in [0.4, 0.5) is 0 Å². The number of carbonyl (C=O) groups is 2. The topological polar surface area (TPSA) is 87.0 Å². The molecule has 0 unspecified atom stereocenters. The number of rotatable bonds is 3. The maximum Gasteiger partial charge on any atom is 0.350 e. The molecule has 0 radical (unpaired) electrons. The Bertz CT molecular complexity index is 430. The van der Waals surface area contributed by atoms with E-state index in [0.717, 1.165) is 31.3 Å². The number of carboxylic acids is 2. The molecule has 1 fully saturated rings. The number of hydrogen-bond donors (Lipinski definition) is 2. The number of nitrogens with zero attached hydrogens (tertiary/aromatic N) is 1. The van der Waals surface area contributed by atoms with Crippen LogP contribution in [0.5, 0.6) is 0 Å². The smallest absolute Gasteiger partial charge is 0.350 e. The zero-order chi connectivity index (χ0) is 13.1. The summed E-state index contributed by atoms with van der Waals surface area (Å²) in [7, 11) is 0. The van der Waals surface area contributed by atoms with Gasteiger partial charge in [-0.25, -0.2) is 9.59 Å². The molecule has 0 amide bonds. The van der Waals surface area contributed by atoms with Crippen molar-refractivity contribution in [2.24, 2.45) is 10.9 Å². The van der Waals surface area contributed by atoms with Gasteiger partial charge in [-0.15, -0.1) is 0 Å². The zero-order valence-electron chi connectivity index (χ0n) is 10.2. The fourth-order valence-corrected chi connectivity index (χ4v) is 2.81. The lowest BCUT2D eigenvalue weighted by Gasteiger charge is -2.27. The number of allylic oxidation sites excluding steroid dienone is 1. The van der Waals surface area contributed by atoms with Gasteiger partial charge in [0, 0.05) is 6.42 Å². The van der Waals surface area contributed by atoms with Crippen LogP contribution in [0.1, 0.15) is 38.5 Å². The molecule has 0 atom stereocenters. The Morgan fingerprint density at radius 3 is 2.28 bits per heavy atom. The number of aliphatic carboxylic acids is 2. The Hall–Kier alpha value is -1.65. The largest absolute Gasteiger partial charge is 0.478 e. The number of hydrogen-bond acceptors (Lipinski definition) is 3. The Kier molecular flexibility index (Phi) is 3.79. The van der Waals surface area contributed by atoms with Crippen molar-refractivity contribution in [1.82, 2.24) is 0 Å². The second-order valence-electron chi connectivity index (χ2n) is 4.89. The van der Waals surface area contributed by atoms with Gasteiger partial charge in [-0.2, -0.15) is 0 Å². The molecule has 0 saturated heterocycles. The highest BCUT2D eigenvalue weighted by atomic mass is 16.4. The van der Waals surface area contributed by atoms with E-state index in [9.17, 15) is 14.7 Å². The van der Waals surface area contributed by atoms with Crippen LogP contribution in [0.2, 0.25) is 0 Å². The van der Waals surface area contributed by atoms with E-state index in [-0.39, 0.29) is 24.6 Å². The molecule has 0 spiro atoms. The monoisotopic (exact) mass is 251 g/mol. The highest BCUT2D eigenvalue weighted by Gasteiger charge is 2.29. The summed E-state index contributed by atoms with van der Waals surface area (Å²) < 4.78 is 0. The van der Waals surface area contributed by atoms with E-state index < -0.39 is 11.9 Å². The second-order valence-corrected chi connectivity index (χ2v) is 4.89. The molecule has 0 bridgehead atoms. The quantitative estimate of drug-likeness (QED) is 0.801. The first-order valence-corrected chi connectivity index (χ1v) is 6.31. The van der Waals surface area contributed by atoms with Crippen LogP contribution in [0.25, 0.3) is 0 Å². The molecular weight excluding hydrogens is 234 g/mol. The minimum atomic E-state index is -1.03. The molecule has 0 aromatic carbocycles. The predicted octanol–water partition coefficient (Wildman–Crippen LogP) is 1.88. The summed E-state index contributed by atoms with van der Waals surface area (Å²) in [6, 6.07) is 0. The summed E-state index contributed by atoms with van der Waals surface area (Å²) in [5.41, 5.74) is 1.21. The molecule has 5 heteroatoms. The van der Waals surface area contributed by atoms with Gasteiger partial charge in [-0.05, 0) is 24.3 Å². The first-order chi connectivity index (χ1) is 8.59. The zero-order valence-corrected chi connectivity index (χ0v) is 10.2. The Balaban J connectivity index is 2.24. The lowest BCUT2D eigenvalue weighted by Crippen LogP contribution is -2.26. The van der Waals surface area contributed by atoms with E-state index in [1.54, 1.807) is 0 Å². The molecule has 2 N–H and O–H groups in total. The SMILES string of the molecule is O=C(O)C1=NCC(C(=O)O)=C(C2CCCCC2)C1. The first-order valence-electron chi connectivity index (χ1n) is 6.31. The van der Waals surface area contributed by atoms with Gasteiger partial charge in [0.1, 0.15) is 5.71 Å². The third-order valence-electron chi connectivity index (χ3n) is 3.78. The molecule has 2 aliphatic rings. The number of dihydropyridines is 1. The maximum absolute atomic E-state index is 11.2. The Morgan fingerprint density at radius 1 is 1.06 bits per heavy atom. The van der Waals surface area contributed by atoms with Crippen LogP contribution >= 0.6 is 0 Å². The lowest BCUT2D eigenvalue weighted by molar-refractivity contribution is -0.133. The second kappa shape index (κ2) is 5.33. The van der Waals surface area contributed by atoms with Crippen molar-refractivity contribution in [3.63, 3.8) is 0 Å². The summed E-state index contributed by atoms with van der Waals surface area (Å²) in [6.45, 7) is 0.00278. The van der Waals surface area contributed by atoms with Crippen LogP contribution in [0.3, 0.4) is 0 Å². The molecule has 1 saturated carbocycles. The highest BCUT2D eigenvalue weighted by molar-refractivity contribution is 6.36.